The fourth-order valence-corrected chi connectivity index (χ4v) is 8.00. The fourth-order valence-electron chi connectivity index (χ4n) is 6.07. The molecule has 0 aromatic heterocycles. The topological polar surface area (TPSA) is 96.0 Å². The van der Waals surface area contributed by atoms with Gasteiger partial charge in [0.1, 0.15) is 18.3 Å². The Kier molecular flexibility index (Phi) is 12.3. The van der Waals surface area contributed by atoms with E-state index in [1.165, 1.54) is 24.1 Å². The minimum atomic E-state index is -4.24. The first kappa shape index (κ1) is 36.2. The second kappa shape index (κ2) is 16.6. The molecule has 0 unspecified atom stereocenters. The average Bonchev–Trinajstić information content (AvgIpc) is 3.10. The third-order valence-electron chi connectivity index (χ3n) is 8.86. The maximum atomic E-state index is 14.8. The third-order valence-corrected chi connectivity index (χ3v) is 11.4. The van der Waals surface area contributed by atoms with Gasteiger partial charge in [-0.2, -0.15) is 0 Å². The van der Waals surface area contributed by atoms with Gasteiger partial charge in [0.05, 0.1) is 17.7 Å². The molecule has 1 aliphatic carbocycles. The van der Waals surface area contributed by atoms with Crippen molar-refractivity contribution in [3.05, 3.63) is 124 Å². The summed E-state index contributed by atoms with van der Waals surface area (Å²) < 4.78 is 34.9. The van der Waals surface area contributed by atoms with Crippen LogP contribution in [0, 0.1) is 6.92 Å². The van der Waals surface area contributed by atoms with Gasteiger partial charge >= 0.3 is 0 Å². The highest BCUT2D eigenvalue weighted by Gasteiger charge is 2.36. The van der Waals surface area contributed by atoms with Crippen LogP contribution in [0.5, 0.6) is 5.75 Å². The number of aryl methyl sites for hydroxylation is 1. The number of hydrogen-bond donors (Lipinski definition) is 1. The Morgan fingerprint density at radius 2 is 1.49 bits per heavy atom. The molecule has 2 amide bonds. The van der Waals surface area contributed by atoms with E-state index in [2.05, 4.69) is 5.32 Å². The number of benzene rings is 4. The largest absolute Gasteiger partial charge is 0.497 e. The van der Waals surface area contributed by atoms with Crippen LogP contribution < -0.4 is 14.4 Å². The van der Waals surface area contributed by atoms with E-state index >= 15 is 0 Å². The predicted octanol–water partition coefficient (Wildman–Crippen LogP) is 7.59. The van der Waals surface area contributed by atoms with E-state index in [0.29, 0.717) is 21.4 Å². The van der Waals surface area contributed by atoms with Crippen molar-refractivity contribution >= 4 is 50.7 Å². The highest BCUT2D eigenvalue weighted by Crippen LogP contribution is 2.30. The van der Waals surface area contributed by atoms with E-state index in [4.69, 9.17) is 27.9 Å². The molecule has 0 radical (unpaired) electrons. The van der Waals surface area contributed by atoms with Crippen LogP contribution in [0.3, 0.4) is 0 Å². The number of carbonyl (C=O) groups excluding carboxylic acids is 2. The first-order valence-corrected chi connectivity index (χ1v) is 18.6. The van der Waals surface area contributed by atoms with Crippen molar-refractivity contribution in [3.63, 3.8) is 0 Å². The molecular weight excluding hydrogens is 681 g/mol. The summed E-state index contributed by atoms with van der Waals surface area (Å²) in [7, 11) is -2.73. The SMILES string of the molecule is COc1ccc(N(CC(=O)N(Cc2c(Cl)cccc2Cl)[C@H](Cc2ccccc2)C(=O)NC2CCCCC2)S(=O)(=O)c2ccc(C)cc2)cc1. The minimum absolute atomic E-state index is 0.0157. The first-order chi connectivity index (χ1) is 23.6. The third kappa shape index (κ3) is 9.15. The number of halogens is 2. The van der Waals surface area contributed by atoms with E-state index in [1.54, 1.807) is 54.6 Å². The maximum Gasteiger partial charge on any atom is 0.264 e. The molecule has 0 heterocycles. The number of ether oxygens (including phenoxy) is 1. The summed E-state index contributed by atoms with van der Waals surface area (Å²) in [5, 5.41) is 3.86. The molecule has 4 aromatic rings. The quantitative estimate of drug-likeness (QED) is 0.154. The zero-order valence-electron chi connectivity index (χ0n) is 27.6. The lowest BCUT2D eigenvalue weighted by molar-refractivity contribution is -0.140. The molecule has 258 valence electrons. The molecule has 1 saturated carbocycles. The average molecular weight is 723 g/mol. The van der Waals surface area contributed by atoms with Crippen molar-refractivity contribution < 1.29 is 22.7 Å². The zero-order valence-corrected chi connectivity index (χ0v) is 30.0. The predicted molar refractivity (Wildman–Crippen MR) is 195 cm³/mol. The van der Waals surface area contributed by atoms with Gasteiger partial charge in [0.2, 0.25) is 11.8 Å². The van der Waals surface area contributed by atoms with E-state index in [-0.39, 0.29) is 35.5 Å². The normalized spacial score (nSPS) is 14.1. The molecule has 1 aliphatic rings. The second-order valence-electron chi connectivity index (χ2n) is 12.3. The molecule has 4 aromatic carbocycles. The van der Waals surface area contributed by atoms with Gasteiger partial charge in [0, 0.05) is 34.6 Å². The number of nitrogens with one attached hydrogen (secondary N) is 1. The van der Waals surface area contributed by atoms with Crippen molar-refractivity contribution in [2.75, 3.05) is 18.0 Å². The summed E-state index contributed by atoms with van der Waals surface area (Å²) in [6.07, 6.45) is 5.05. The zero-order chi connectivity index (χ0) is 35.0. The lowest BCUT2D eigenvalue weighted by atomic mass is 9.94. The van der Waals surface area contributed by atoms with Crippen LogP contribution in [-0.4, -0.2) is 50.9 Å². The highest BCUT2D eigenvalue weighted by molar-refractivity contribution is 7.92. The van der Waals surface area contributed by atoms with Crippen LogP contribution in [0.15, 0.2) is 102 Å². The van der Waals surface area contributed by atoms with Gasteiger partial charge in [0.15, 0.2) is 0 Å². The summed E-state index contributed by atoms with van der Waals surface area (Å²) in [6.45, 7) is 1.16. The van der Waals surface area contributed by atoms with E-state index in [1.807, 2.05) is 37.3 Å². The summed E-state index contributed by atoms with van der Waals surface area (Å²) in [5.74, 6) is -0.382. The fraction of sp³-hybridized carbons (Fsp3) is 0.316. The minimum Gasteiger partial charge on any atom is -0.497 e. The van der Waals surface area contributed by atoms with Crippen molar-refractivity contribution in [2.45, 2.75) is 69.0 Å². The van der Waals surface area contributed by atoms with Crippen molar-refractivity contribution in [2.24, 2.45) is 0 Å². The van der Waals surface area contributed by atoms with Crippen LogP contribution >= 0.6 is 23.2 Å². The number of carbonyl (C=O) groups is 2. The number of nitrogens with zero attached hydrogens (tertiary/aromatic N) is 2. The van der Waals surface area contributed by atoms with Gasteiger partial charge in [-0.25, -0.2) is 8.42 Å². The molecule has 49 heavy (non-hydrogen) atoms. The Morgan fingerprint density at radius 3 is 2.10 bits per heavy atom. The lowest BCUT2D eigenvalue weighted by Gasteiger charge is -2.35. The Balaban J connectivity index is 1.59. The molecular formula is C38H41Cl2N3O5S. The second-order valence-corrected chi connectivity index (χ2v) is 15.0. The van der Waals surface area contributed by atoms with Gasteiger partial charge in [-0.1, -0.05) is 96.6 Å². The highest BCUT2D eigenvalue weighted by atomic mass is 35.5. The van der Waals surface area contributed by atoms with Crippen LogP contribution in [0.1, 0.15) is 48.8 Å². The van der Waals surface area contributed by atoms with Gasteiger partial charge < -0.3 is 15.0 Å². The maximum absolute atomic E-state index is 14.8. The standard InChI is InChI=1S/C38H41Cl2N3O5S/c1-27-16-22-32(23-17-27)49(46,47)43(30-18-20-31(48-2)21-19-30)26-37(44)42(25-33-34(39)14-9-15-35(33)40)36(24-28-10-5-3-6-11-28)38(45)41-29-12-7-4-8-13-29/h3,5-6,9-11,14-23,29,36H,4,7-8,12-13,24-26H2,1-2H3,(H,41,45)/t36-/m1/s1. The summed E-state index contributed by atoms with van der Waals surface area (Å²) >= 11 is 13.3. The smallest absolute Gasteiger partial charge is 0.264 e. The number of amides is 2. The Hall–Kier alpha value is -4.05. The number of methoxy groups -OCH3 is 1. The molecule has 1 fully saturated rings. The number of anilines is 1. The molecule has 5 rings (SSSR count). The Bertz CT molecular complexity index is 1810. The van der Waals surface area contributed by atoms with Crippen LogP contribution in [0.25, 0.3) is 0 Å². The Morgan fingerprint density at radius 1 is 0.857 bits per heavy atom. The van der Waals surface area contributed by atoms with E-state index in [0.717, 1.165) is 47.5 Å². The molecule has 1 atom stereocenters. The molecule has 0 saturated heterocycles. The number of rotatable bonds is 13. The van der Waals surface area contributed by atoms with Gasteiger partial charge in [-0.15, -0.1) is 0 Å². The van der Waals surface area contributed by atoms with E-state index < -0.39 is 28.5 Å². The molecule has 1 N–H and O–H groups in total. The molecule has 0 bridgehead atoms. The number of sulfonamides is 1. The van der Waals surface area contributed by atoms with Crippen molar-refractivity contribution in [1.29, 1.82) is 0 Å². The molecule has 0 spiro atoms. The monoisotopic (exact) mass is 721 g/mol. The van der Waals surface area contributed by atoms with Gasteiger partial charge in [0.25, 0.3) is 10.0 Å². The molecule has 11 heteroatoms. The summed E-state index contributed by atoms with van der Waals surface area (Å²) in [4.78, 5) is 30.5. The summed E-state index contributed by atoms with van der Waals surface area (Å²) in [5.41, 5.74) is 2.45. The van der Waals surface area contributed by atoms with E-state index in [9.17, 15) is 18.0 Å². The van der Waals surface area contributed by atoms with Crippen LogP contribution in [0.2, 0.25) is 10.0 Å². The Labute approximate surface area is 299 Å². The van der Waals surface area contributed by atoms with Gasteiger partial charge in [-0.3, -0.25) is 13.9 Å². The van der Waals surface area contributed by atoms with Crippen LogP contribution in [0.4, 0.5) is 5.69 Å². The molecule has 8 nitrogen and oxygen atoms in total. The molecule has 0 aliphatic heterocycles. The van der Waals surface area contributed by atoms with Crippen LogP contribution in [-0.2, 0) is 32.6 Å². The van der Waals surface area contributed by atoms with Gasteiger partial charge in [-0.05, 0) is 73.9 Å². The number of hydrogen-bond acceptors (Lipinski definition) is 5. The van der Waals surface area contributed by atoms with Crippen molar-refractivity contribution in [3.8, 4) is 5.75 Å². The summed E-state index contributed by atoms with van der Waals surface area (Å²) in [6, 6.07) is 26.4. The van der Waals surface area contributed by atoms with Crippen molar-refractivity contribution in [1.82, 2.24) is 10.2 Å². The lowest BCUT2D eigenvalue weighted by Crippen LogP contribution is -2.55. The first-order valence-electron chi connectivity index (χ1n) is 16.4.